The van der Waals surface area contributed by atoms with Crippen LogP contribution in [0.3, 0.4) is 0 Å². The van der Waals surface area contributed by atoms with E-state index in [1.807, 2.05) is 13.8 Å². The van der Waals surface area contributed by atoms with E-state index in [4.69, 9.17) is 0 Å². The molecule has 0 aliphatic heterocycles. The normalized spacial score (nSPS) is 10.3. The predicted molar refractivity (Wildman–Crippen MR) is 43.1 cm³/mol. The van der Waals surface area contributed by atoms with Gasteiger partial charge in [-0.2, -0.15) is 0 Å². The quantitative estimate of drug-likeness (QED) is 0.558. The van der Waals surface area contributed by atoms with Crippen LogP contribution in [-0.2, 0) is 0 Å². The summed E-state index contributed by atoms with van der Waals surface area (Å²) in [5.74, 6) is -0.116. The van der Waals surface area contributed by atoms with Crippen LogP contribution >= 0.6 is 0 Å². The minimum atomic E-state index is -0.116. The molecule has 0 bridgehead atoms. The minimum Gasteiger partial charge on any atom is -0.258 e. The zero-order valence-corrected chi connectivity index (χ0v) is 7.33. The Balaban J connectivity index is 3.46. The van der Waals surface area contributed by atoms with Gasteiger partial charge < -0.3 is 0 Å². The summed E-state index contributed by atoms with van der Waals surface area (Å²) in [7, 11) is 0. The van der Waals surface area contributed by atoms with E-state index >= 15 is 0 Å². The summed E-state index contributed by atoms with van der Waals surface area (Å²) in [5, 5.41) is 0. The molecule has 0 N–H and O–H groups in total. The van der Waals surface area contributed by atoms with Crippen LogP contribution in [0.1, 0.15) is 22.5 Å². The van der Waals surface area contributed by atoms with Crippen molar-refractivity contribution in [2.24, 2.45) is 0 Å². The van der Waals surface area contributed by atoms with E-state index < -0.39 is 0 Å². The first-order chi connectivity index (χ1) is 5.04. The van der Waals surface area contributed by atoms with Crippen LogP contribution in [0.15, 0.2) is 0 Å². The van der Waals surface area contributed by atoms with Crippen LogP contribution < -0.4 is 0 Å². The molecule has 1 aromatic heterocycles. The molecule has 0 aromatic carbocycles. The number of hydrogen-bond acceptors (Lipinski definition) is 1. The predicted octanol–water partition coefficient (Wildman–Crippen LogP) is 2.45. The van der Waals surface area contributed by atoms with E-state index in [-0.39, 0.29) is 5.82 Å². The highest BCUT2D eigenvalue weighted by molar-refractivity contribution is 5.29. The molecule has 1 nitrogen and oxygen atoms in total. The number of rotatable bonds is 0. The molecule has 0 spiro atoms. The lowest BCUT2D eigenvalue weighted by Crippen LogP contribution is -1.99. The van der Waals surface area contributed by atoms with Crippen molar-refractivity contribution in [1.29, 1.82) is 0 Å². The Morgan fingerprint density at radius 3 is 1.64 bits per heavy atom. The average Bonchev–Trinajstić information content (AvgIpc) is 1.97. The molecule has 0 radical (unpaired) electrons. The molecule has 11 heavy (non-hydrogen) atoms. The second kappa shape index (κ2) is 2.61. The molecule has 0 saturated carbocycles. The van der Waals surface area contributed by atoms with Gasteiger partial charge in [0, 0.05) is 22.5 Å². The maximum atomic E-state index is 13.2. The number of pyridine rings is 1. The molecule has 1 rings (SSSR count). The number of nitrogens with zero attached hydrogens (tertiary/aromatic N) is 1. The summed E-state index contributed by atoms with van der Waals surface area (Å²) in [6.45, 7) is 7.16. The third-order valence-electron chi connectivity index (χ3n) is 2.08. The van der Waals surface area contributed by atoms with Crippen molar-refractivity contribution in [1.82, 2.24) is 4.98 Å². The van der Waals surface area contributed by atoms with E-state index in [1.54, 1.807) is 13.8 Å². The van der Waals surface area contributed by atoms with E-state index in [1.165, 1.54) is 0 Å². The minimum absolute atomic E-state index is 0.116. The van der Waals surface area contributed by atoms with Crippen molar-refractivity contribution < 1.29 is 4.39 Å². The molecule has 1 aromatic rings. The van der Waals surface area contributed by atoms with E-state index in [0.717, 1.165) is 11.4 Å². The fraction of sp³-hybridized carbons (Fsp3) is 0.444. The summed E-state index contributed by atoms with van der Waals surface area (Å²) < 4.78 is 13.2. The molecule has 0 saturated heterocycles. The highest BCUT2D eigenvalue weighted by Crippen LogP contribution is 2.15. The van der Waals surface area contributed by atoms with Crippen molar-refractivity contribution in [3.05, 3.63) is 28.3 Å². The van der Waals surface area contributed by atoms with Gasteiger partial charge in [0.05, 0.1) is 0 Å². The molecule has 2 heteroatoms. The maximum absolute atomic E-state index is 13.2. The van der Waals surface area contributed by atoms with Gasteiger partial charge in [-0.15, -0.1) is 0 Å². The second-order valence-electron chi connectivity index (χ2n) is 2.85. The third-order valence-corrected chi connectivity index (χ3v) is 2.08. The lowest BCUT2D eigenvalue weighted by atomic mass is 10.1. The van der Waals surface area contributed by atoms with Crippen molar-refractivity contribution in [2.45, 2.75) is 27.7 Å². The van der Waals surface area contributed by atoms with Gasteiger partial charge in [0.2, 0.25) is 0 Å². The molecule has 0 unspecified atom stereocenters. The van der Waals surface area contributed by atoms with Gasteiger partial charge in [-0.25, -0.2) is 4.39 Å². The summed E-state index contributed by atoms with van der Waals surface area (Å²) in [6.07, 6.45) is 0. The van der Waals surface area contributed by atoms with Crippen molar-refractivity contribution in [2.75, 3.05) is 0 Å². The van der Waals surface area contributed by atoms with E-state index in [2.05, 4.69) is 4.98 Å². The molecule has 1 heterocycles. The molecule has 0 amide bonds. The van der Waals surface area contributed by atoms with Gasteiger partial charge >= 0.3 is 0 Å². The molecule has 0 aliphatic rings. The Labute approximate surface area is 66.3 Å². The standard InChI is InChI=1S/C9H12FN/c1-5-7(3)11-8(4)6(2)9(5)10/h1-4H3. The van der Waals surface area contributed by atoms with Crippen molar-refractivity contribution in [3.8, 4) is 0 Å². The van der Waals surface area contributed by atoms with Crippen molar-refractivity contribution >= 4 is 0 Å². The summed E-state index contributed by atoms with van der Waals surface area (Å²) in [5.41, 5.74) is 2.89. The fourth-order valence-electron chi connectivity index (χ4n) is 1.02. The maximum Gasteiger partial charge on any atom is 0.132 e. The Kier molecular flexibility index (Phi) is 1.94. The van der Waals surface area contributed by atoms with Gasteiger partial charge in [-0.1, -0.05) is 0 Å². The van der Waals surface area contributed by atoms with Crippen LogP contribution in [0, 0.1) is 33.5 Å². The zero-order chi connectivity index (χ0) is 8.59. The summed E-state index contributed by atoms with van der Waals surface area (Å²) >= 11 is 0. The van der Waals surface area contributed by atoms with Gasteiger partial charge in [0.15, 0.2) is 0 Å². The van der Waals surface area contributed by atoms with E-state index in [9.17, 15) is 4.39 Å². The number of halogens is 1. The van der Waals surface area contributed by atoms with Crippen LogP contribution in [0.2, 0.25) is 0 Å². The first-order valence-corrected chi connectivity index (χ1v) is 3.64. The first-order valence-electron chi connectivity index (χ1n) is 3.64. The molecular weight excluding hydrogens is 141 g/mol. The lowest BCUT2D eigenvalue weighted by molar-refractivity contribution is 0.601. The van der Waals surface area contributed by atoms with Crippen LogP contribution in [-0.4, -0.2) is 4.98 Å². The zero-order valence-electron chi connectivity index (χ0n) is 7.33. The highest BCUT2D eigenvalue weighted by Gasteiger charge is 2.07. The number of aryl methyl sites for hydroxylation is 2. The van der Waals surface area contributed by atoms with Crippen LogP contribution in [0.25, 0.3) is 0 Å². The second-order valence-corrected chi connectivity index (χ2v) is 2.85. The highest BCUT2D eigenvalue weighted by atomic mass is 19.1. The molecule has 0 fully saturated rings. The van der Waals surface area contributed by atoms with Gasteiger partial charge in [0.25, 0.3) is 0 Å². The third kappa shape index (κ3) is 1.25. The Hall–Kier alpha value is -0.920. The fourth-order valence-corrected chi connectivity index (χ4v) is 1.02. The van der Waals surface area contributed by atoms with E-state index in [0.29, 0.717) is 11.1 Å². The number of hydrogen-bond donors (Lipinski definition) is 0. The lowest BCUT2D eigenvalue weighted by Gasteiger charge is -2.06. The monoisotopic (exact) mass is 153 g/mol. The van der Waals surface area contributed by atoms with Gasteiger partial charge in [0.1, 0.15) is 5.82 Å². The SMILES string of the molecule is Cc1nc(C)c(C)c(F)c1C. The van der Waals surface area contributed by atoms with Crippen LogP contribution in [0.5, 0.6) is 0 Å². The number of aromatic nitrogens is 1. The van der Waals surface area contributed by atoms with Gasteiger partial charge in [-0.3, -0.25) is 4.98 Å². The van der Waals surface area contributed by atoms with Crippen molar-refractivity contribution in [3.63, 3.8) is 0 Å². The smallest absolute Gasteiger partial charge is 0.132 e. The first kappa shape index (κ1) is 8.18. The summed E-state index contributed by atoms with van der Waals surface area (Å²) in [4.78, 5) is 4.19. The molecule has 0 aliphatic carbocycles. The Morgan fingerprint density at radius 2 is 1.27 bits per heavy atom. The van der Waals surface area contributed by atoms with Crippen LogP contribution in [0.4, 0.5) is 4.39 Å². The Morgan fingerprint density at radius 1 is 0.909 bits per heavy atom. The average molecular weight is 153 g/mol. The van der Waals surface area contributed by atoms with Gasteiger partial charge in [-0.05, 0) is 27.7 Å². The Bertz CT molecular complexity index is 266. The topological polar surface area (TPSA) is 12.9 Å². The molecule has 0 atom stereocenters. The molecule has 60 valence electrons. The summed E-state index contributed by atoms with van der Waals surface area (Å²) in [6, 6.07) is 0. The largest absolute Gasteiger partial charge is 0.258 e. The molecular formula is C9H12FN.